The molecule has 2 heterocycles. The quantitative estimate of drug-likeness (QED) is 0.638. The Kier molecular flexibility index (Phi) is 5.96. The first kappa shape index (κ1) is 18.2. The highest BCUT2D eigenvalue weighted by Gasteiger charge is 2.36. The molecule has 0 spiro atoms. The van der Waals surface area contributed by atoms with Gasteiger partial charge in [-0.15, -0.1) is 0 Å². The number of likely N-dealkylation sites (N-methyl/N-ethyl adjacent to an activating group) is 1. The van der Waals surface area contributed by atoms with E-state index in [9.17, 15) is 0 Å². The van der Waals surface area contributed by atoms with Crippen molar-refractivity contribution in [2.75, 3.05) is 53.9 Å². The fourth-order valence-corrected chi connectivity index (χ4v) is 4.06. The maximum Gasteiger partial charge on any atom is 0.193 e. The monoisotopic (exact) mass is 348 g/mol. The van der Waals surface area contributed by atoms with Crippen LogP contribution < -0.4 is 5.32 Å². The second-order valence-electron chi connectivity index (χ2n) is 7.48. The third-order valence-electron chi connectivity index (χ3n) is 5.82. The molecule has 1 aliphatic carbocycles. The van der Waals surface area contributed by atoms with Crippen LogP contribution in [0.3, 0.4) is 0 Å². The fraction of sp³-hybridized carbons (Fsp3) is 0.778. The van der Waals surface area contributed by atoms with Crippen LogP contribution in [0.2, 0.25) is 0 Å². The van der Waals surface area contributed by atoms with E-state index in [1.54, 1.807) is 6.26 Å². The molecule has 0 bridgehead atoms. The van der Waals surface area contributed by atoms with Gasteiger partial charge in [-0.05, 0) is 26.9 Å². The first-order chi connectivity index (χ1) is 12.1. The first-order valence-electron chi connectivity index (χ1n) is 9.38. The summed E-state index contributed by atoms with van der Waals surface area (Å²) in [6.07, 6.45) is 6.85. The van der Waals surface area contributed by atoms with Crippen molar-refractivity contribution in [2.45, 2.75) is 37.8 Å². The van der Waals surface area contributed by atoms with Gasteiger partial charge in [0, 0.05) is 57.9 Å². The SMILES string of the molecule is CN=C(NCC1(N(C)C)CCCC1)N1CCN(Cc2ccon2)CC1. The number of aromatic nitrogens is 1. The highest BCUT2D eigenvalue weighted by atomic mass is 16.5. The Morgan fingerprint density at radius 3 is 2.56 bits per heavy atom. The maximum absolute atomic E-state index is 4.92. The van der Waals surface area contributed by atoms with Crippen LogP contribution in [0.25, 0.3) is 0 Å². The number of nitrogens with zero attached hydrogens (tertiary/aromatic N) is 5. The Morgan fingerprint density at radius 1 is 1.28 bits per heavy atom. The summed E-state index contributed by atoms with van der Waals surface area (Å²) in [6, 6.07) is 1.94. The first-order valence-corrected chi connectivity index (χ1v) is 9.38. The third kappa shape index (κ3) is 4.33. The molecular formula is C18H32N6O. The lowest BCUT2D eigenvalue weighted by Gasteiger charge is -2.40. The topological polar surface area (TPSA) is 60.1 Å². The van der Waals surface area contributed by atoms with E-state index in [1.165, 1.54) is 25.7 Å². The molecule has 140 valence electrons. The Bertz CT molecular complexity index is 542. The van der Waals surface area contributed by atoms with Crippen molar-refractivity contribution in [3.05, 3.63) is 18.0 Å². The predicted octanol–water partition coefficient (Wildman–Crippen LogP) is 1.24. The van der Waals surface area contributed by atoms with Crippen molar-refractivity contribution < 1.29 is 4.52 Å². The molecule has 7 heteroatoms. The lowest BCUT2D eigenvalue weighted by molar-refractivity contribution is 0.151. The van der Waals surface area contributed by atoms with Gasteiger partial charge in [0.1, 0.15) is 6.26 Å². The molecule has 1 N–H and O–H groups in total. The van der Waals surface area contributed by atoms with Gasteiger partial charge in [-0.3, -0.25) is 9.89 Å². The Labute approximate surface area is 151 Å². The summed E-state index contributed by atoms with van der Waals surface area (Å²) in [5, 5.41) is 7.66. The van der Waals surface area contributed by atoms with E-state index >= 15 is 0 Å². The molecular weight excluding hydrogens is 316 g/mol. The minimum Gasteiger partial charge on any atom is -0.364 e. The summed E-state index contributed by atoms with van der Waals surface area (Å²) in [7, 11) is 6.30. The lowest BCUT2D eigenvalue weighted by Crippen LogP contribution is -2.56. The molecule has 1 aliphatic heterocycles. The van der Waals surface area contributed by atoms with Crippen LogP contribution in [0.5, 0.6) is 0 Å². The smallest absolute Gasteiger partial charge is 0.193 e. The Morgan fingerprint density at radius 2 is 2.00 bits per heavy atom. The van der Waals surface area contributed by atoms with Crippen LogP contribution >= 0.6 is 0 Å². The zero-order chi connectivity index (χ0) is 17.7. The van der Waals surface area contributed by atoms with Gasteiger partial charge in [-0.1, -0.05) is 18.0 Å². The minimum absolute atomic E-state index is 0.282. The van der Waals surface area contributed by atoms with Crippen LogP contribution in [0, 0.1) is 0 Å². The van der Waals surface area contributed by atoms with Crippen LogP contribution in [-0.2, 0) is 6.54 Å². The normalized spacial score (nSPS) is 21.9. The molecule has 0 aromatic carbocycles. The highest BCUT2D eigenvalue weighted by molar-refractivity contribution is 5.80. The molecule has 0 unspecified atom stereocenters. The largest absolute Gasteiger partial charge is 0.364 e. The van der Waals surface area contributed by atoms with Crippen molar-refractivity contribution in [1.29, 1.82) is 0 Å². The van der Waals surface area contributed by atoms with Crippen LogP contribution in [0.4, 0.5) is 0 Å². The fourth-order valence-electron chi connectivity index (χ4n) is 4.06. The second-order valence-corrected chi connectivity index (χ2v) is 7.48. The number of hydrogen-bond acceptors (Lipinski definition) is 5. The summed E-state index contributed by atoms with van der Waals surface area (Å²) in [5.74, 6) is 1.04. The molecule has 7 nitrogen and oxygen atoms in total. The van der Waals surface area contributed by atoms with Gasteiger partial charge < -0.3 is 19.6 Å². The Hall–Kier alpha value is -1.60. The summed E-state index contributed by atoms with van der Waals surface area (Å²) in [4.78, 5) is 11.7. The Balaban J connectivity index is 1.49. The van der Waals surface area contributed by atoms with Crippen molar-refractivity contribution in [3.63, 3.8) is 0 Å². The van der Waals surface area contributed by atoms with E-state index in [0.29, 0.717) is 0 Å². The zero-order valence-electron chi connectivity index (χ0n) is 15.9. The van der Waals surface area contributed by atoms with Gasteiger partial charge in [-0.25, -0.2) is 0 Å². The van der Waals surface area contributed by atoms with E-state index in [-0.39, 0.29) is 5.54 Å². The number of hydrogen-bond donors (Lipinski definition) is 1. The summed E-state index contributed by atoms with van der Waals surface area (Å²) < 4.78 is 4.92. The van der Waals surface area contributed by atoms with Crippen LogP contribution in [-0.4, -0.2) is 85.2 Å². The average molecular weight is 348 g/mol. The molecule has 1 aromatic heterocycles. The second kappa shape index (κ2) is 8.19. The number of aliphatic imine (C=N–C) groups is 1. The van der Waals surface area contributed by atoms with Gasteiger partial charge in [0.2, 0.25) is 0 Å². The van der Waals surface area contributed by atoms with E-state index in [2.05, 4.69) is 44.3 Å². The van der Waals surface area contributed by atoms with E-state index in [0.717, 1.165) is 50.9 Å². The molecule has 0 amide bonds. The molecule has 1 aromatic rings. The zero-order valence-corrected chi connectivity index (χ0v) is 15.9. The average Bonchev–Trinajstić information content (AvgIpc) is 3.29. The van der Waals surface area contributed by atoms with Crippen molar-refractivity contribution in [1.82, 2.24) is 25.2 Å². The van der Waals surface area contributed by atoms with Gasteiger partial charge >= 0.3 is 0 Å². The molecule has 1 saturated carbocycles. The minimum atomic E-state index is 0.282. The van der Waals surface area contributed by atoms with E-state index in [4.69, 9.17) is 4.52 Å². The number of piperazine rings is 1. The van der Waals surface area contributed by atoms with E-state index in [1.807, 2.05) is 13.1 Å². The molecule has 1 saturated heterocycles. The molecule has 3 rings (SSSR count). The predicted molar refractivity (Wildman–Crippen MR) is 99.6 cm³/mol. The summed E-state index contributed by atoms with van der Waals surface area (Å²) >= 11 is 0. The van der Waals surface area contributed by atoms with Crippen molar-refractivity contribution in [3.8, 4) is 0 Å². The van der Waals surface area contributed by atoms with Crippen molar-refractivity contribution in [2.24, 2.45) is 4.99 Å². The number of guanidine groups is 1. The van der Waals surface area contributed by atoms with Crippen molar-refractivity contribution >= 4 is 5.96 Å². The summed E-state index contributed by atoms with van der Waals surface area (Å²) in [5.41, 5.74) is 1.29. The van der Waals surface area contributed by atoms with Gasteiger partial charge in [0.05, 0.1) is 5.69 Å². The maximum atomic E-state index is 4.92. The van der Waals surface area contributed by atoms with E-state index < -0.39 is 0 Å². The van der Waals surface area contributed by atoms with Crippen LogP contribution in [0.1, 0.15) is 31.4 Å². The van der Waals surface area contributed by atoms with Gasteiger partial charge in [0.15, 0.2) is 5.96 Å². The molecule has 0 atom stereocenters. The molecule has 2 aliphatic rings. The standard InChI is InChI=1S/C18H32N6O/c1-19-17(20-15-18(22(2)3)7-4-5-8-18)24-11-9-23(10-12-24)14-16-6-13-25-21-16/h6,13H,4-5,7-12,14-15H2,1-3H3,(H,19,20). The molecule has 2 fully saturated rings. The molecule has 0 radical (unpaired) electrons. The molecule has 25 heavy (non-hydrogen) atoms. The summed E-state index contributed by atoms with van der Waals surface area (Å²) in [6.45, 7) is 5.86. The highest BCUT2D eigenvalue weighted by Crippen LogP contribution is 2.33. The number of nitrogens with one attached hydrogen (secondary N) is 1. The van der Waals surface area contributed by atoms with Crippen LogP contribution in [0.15, 0.2) is 21.8 Å². The van der Waals surface area contributed by atoms with Gasteiger partial charge in [-0.2, -0.15) is 0 Å². The lowest BCUT2D eigenvalue weighted by atomic mass is 9.96. The van der Waals surface area contributed by atoms with Gasteiger partial charge in [0.25, 0.3) is 0 Å². The third-order valence-corrected chi connectivity index (χ3v) is 5.82. The number of rotatable bonds is 5.